The first-order valence-corrected chi connectivity index (χ1v) is 6.43. The summed E-state index contributed by atoms with van der Waals surface area (Å²) in [5.74, 6) is -0.506. The van der Waals surface area contributed by atoms with Crippen LogP contribution in [-0.4, -0.2) is 44.5 Å². The van der Waals surface area contributed by atoms with Crippen molar-refractivity contribution in [1.82, 2.24) is 5.32 Å². The van der Waals surface area contributed by atoms with Gasteiger partial charge in [0, 0.05) is 19.7 Å². The summed E-state index contributed by atoms with van der Waals surface area (Å²) in [4.78, 5) is 22.9. The smallest absolute Gasteiger partial charge is 0.337 e. The maximum atomic E-state index is 11.8. The number of rotatable bonds is 7. The quantitative estimate of drug-likeness (QED) is 0.713. The molecule has 1 atom stereocenters. The van der Waals surface area contributed by atoms with Crippen molar-refractivity contribution in [3.63, 3.8) is 0 Å². The number of carbonyl (C=O) groups is 2. The van der Waals surface area contributed by atoms with Gasteiger partial charge in [0.1, 0.15) is 5.75 Å². The summed E-state index contributed by atoms with van der Waals surface area (Å²) >= 11 is 0. The predicted octanol–water partition coefficient (Wildman–Crippen LogP) is 1.80. The molecule has 21 heavy (non-hydrogen) atoms. The number of hydrogen-bond donors (Lipinski definition) is 3. The topological polar surface area (TPSA) is 96.9 Å². The van der Waals surface area contributed by atoms with Gasteiger partial charge in [0.2, 0.25) is 0 Å². The van der Waals surface area contributed by atoms with Crippen molar-refractivity contribution >= 4 is 17.7 Å². The first kappa shape index (κ1) is 16.8. The van der Waals surface area contributed by atoms with E-state index in [2.05, 4.69) is 10.6 Å². The molecule has 1 aromatic rings. The summed E-state index contributed by atoms with van der Waals surface area (Å²) in [5, 5.41) is 14.3. The lowest BCUT2D eigenvalue weighted by Gasteiger charge is -2.14. The van der Waals surface area contributed by atoms with Crippen molar-refractivity contribution < 1.29 is 24.2 Å². The van der Waals surface area contributed by atoms with Crippen molar-refractivity contribution in [2.45, 2.75) is 6.92 Å². The van der Waals surface area contributed by atoms with Gasteiger partial charge in [-0.1, -0.05) is 6.92 Å². The molecule has 0 heterocycles. The Balaban J connectivity index is 2.72. The van der Waals surface area contributed by atoms with Gasteiger partial charge < -0.3 is 25.2 Å². The normalized spacial score (nSPS) is 11.6. The van der Waals surface area contributed by atoms with E-state index in [1.807, 2.05) is 6.92 Å². The number of aromatic carboxylic acids is 1. The third-order valence-corrected chi connectivity index (χ3v) is 2.77. The zero-order chi connectivity index (χ0) is 15.8. The molecule has 0 aliphatic rings. The van der Waals surface area contributed by atoms with E-state index in [1.165, 1.54) is 25.3 Å². The highest BCUT2D eigenvalue weighted by atomic mass is 16.5. The lowest BCUT2D eigenvalue weighted by Crippen LogP contribution is -2.33. The number of methoxy groups -OCH3 is 2. The third-order valence-electron chi connectivity index (χ3n) is 2.77. The Labute approximate surface area is 123 Å². The molecule has 0 aliphatic heterocycles. The van der Waals surface area contributed by atoms with Crippen LogP contribution >= 0.6 is 0 Å². The van der Waals surface area contributed by atoms with Gasteiger partial charge in [-0.25, -0.2) is 9.59 Å². The van der Waals surface area contributed by atoms with Gasteiger partial charge in [-0.15, -0.1) is 0 Å². The Bertz CT molecular complexity index is 504. The van der Waals surface area contributed by atoms with Gasteiger partial charge in [-0.05, 0) is 18.1 Å². The molecule has 0 fully saturated rings. The van der Waals surface area contributed by atoms with Crippen LogP contribution in [0.25, 0.3) is 0 Å². The molecule has 0 bridgehead atoms. The van der Waals surface area contributed by atoms with E-state index >= 15 is 0 Å². The Morgan fingerprint density at radius 1 is 1.33 bits per heavy atom. The highest BCUT2D eigenvalue weighted by molar-refractivity contribution is 6.00. The maximum Gasteiger partial charge on any atom is 0.337 e. The Kier molecular flexibility index (Phi) is 6.48. The molecule has 0 radical (unpaired) electrons. The summed E-state index contributed by atoms with van der Waals surface area (Å²) in [7, 11) is 3.05. The van der Waals surface area contributed by atoms with E-state index in [9.17, 15) is 9.59 Å². The molecule has 0 saturated heterocycles. The second-order valence-electron chi connectivity index (χ2n) is 4.61. The number of nitrogens with one attached hydrogen (secondary N) is 2. The van der Waals surface area contributed by atoms with E-state index in [0.717, 1.165) is 0 Å². The lowest BCUT2D eigenvalue weighted by molar-refractivity contribution is 0.0698. The molecule has 0 aliphatic carbocycles. The summed E-state index contributed by atoms with van der Waals surface area (Å²) in [6, 6.07) is 3.88. The molecule has 1 unspecified atom stereocenters. The van der Waals surface area contributed by atoms with E-state index in [1.54, 1.807) is 7.11 Å². The summed E-state index contributed by atoms with van der Waals surface area (Å²) in [5.41, 5.74) is 0.176. The van der Waals surface area contributed by atoms with Crippen molar-refractivity contribution in [1.29, 1.82) is 0 Å². The lowest BCUT2D eigenvalue weighted by atomic mass is 10.1. The van der Waals surface area contributed by atoms with E-state index < -0.39 is 12.0 Å². The van der Waals surface area contributed by atoms with Crippen LogP contribution in [-0.2, 0) is 4.74 Å². The molecule has 0 aromatic heterocycles. The highest BCUT2D eigenvalue weighted by Gasteiger charge is 2.14. The van der Waals surface area contributed by atoms with E-state index in [0.29, 0.717) is 18.9 Å². The van der Waals surface area contributed by atoms with Crippen molar-refractivity contribution in [2.75, 3.05) is 32.7 Å². The number of carbonyl (C=O) groups excluding carboxylic acids is 1. The van der Waals surface area contributed by atoms with Crippen molar-refractivity contribution in [3.8, 4) is 5.75 Å². The molecule has 116 valence electrons. The number of benzene rings is 1. The molecule has 0 spiro atoms. The molecular weight excluding hydrogens is 276 g/mol. The number of urea groups is 1. The molecule has 7 nitrogen and oxygen atoms in total. The maximum absolute atomic E-state index is 11.8. The van der Waals surface area contributed by atoms with Gasteiger partial charge in [0.25, 0.3) is 0 Å². The van der Waals surface area contributed by atoms with Crippen LogP contribution in [0, 0.1) is 5.92 Å². The summed E-state index contributed by atoms with van der Waals surface area (Å²) < 4.78 is 9.99. The van der Waals surface area contributed by atoms with Crippen LogP contribution in [0.3, 0.4) is 0 Å². The number of amides is 2. The largest absolute Gasteiger partial charge is 0.497 e. The molecule has 0 saturated carbocycles. The number of carboxylic acid groups (broad SMARTS) is 1. The van der Waals surface area contributed by atoms with Crippen LogP contribution < -0.4 is 15.4 Å². The van der Waals surface area contributed by atoms with Gasteiger partial charge >= 0.3 is 12.0 Å². The van der Waals surface area contributed by atoms with Crippen LogP contribution in [0.2, 0.25) is 0 Å². The van der Waals surface area contributed by atoms with Gasteiger partial charge in [-0.2, -0.15) is 0 Å². The Morgan fingerprint density at radius 3 is 2.62 bits per heavy atom. The molecule has 3 N–H and O–H groups in total. The van der Waals surface area contributed by atoms with Crippen molar-refractivity contribution in [2.24, 2.45) is 5.92 Å². The molecule has 1 aromatic carbocycles. The SMILES string of the molecule is COCC(C)CNC(=O)Nc1cc(OC)ccc1C(=O)O. The van der Waals surface area contributed by atoms with Crippen LogP contribution in [0.5, 0.6) is 5.75 Å². The molecule has 7 heteroatoms. The molecule has 2 amide bonds. The number of ether oxygens (including phenoxy) is 2. The monoisotopic (exact) mass is 296 g/mol. The Morgan fingerprint density at radius 2 is 2.05 bits per heavy atom. The fourth-order valence-corrected chi connectivity index (χ4v) is 1.72. The second-order valence-corrected chi connectivity index (χ2v) is 4.61. The minimum atomic E-state index is -1.12. The third kappa shape index (κ3) is 5.31. The fraction of sp³-hybridized carbons (Fsp3) is 0.429. The van der Waals surface area contributed by atoms with Gasteiger partial charge in [0.05, 0.1) is 25.0 Å². The predicted molar refractivity (Wildman–Crippen MR) is 78.0 cm³/mol. The zero-order valence-electron chi connectivity index (χ0n) is 12.3. The number of anilines is 1. The second kappa shape index (κ2) is 8.11. The molecular formula is C14H20N2O5. The van der Waals surface area contributed by atoms with Crippen LogP contribution in [0.4, 0.5) is 10.5 Å². The fourth-order valence-electron chi connectivity index (χ4n) is 1.72. The average molecular weight is 296 g/mol. The van der Waals surface area contributed by atoms with Crippen LogP contribution in [0.1, 0.15) is 17.3 Å². The van der Waals surface area contributed by atoms with E-state index in [-0.39, 0.29) is 17.2 Å². The zero-order valence-corrected chi connectivity index (χ0v) is 12.3. The standard InChI is InChI=1S/C14H20N2O5/c1-9(8-20-2)7-15-14(19)16-12-6-10(21-3)4-5-11(12)13(17)18/h4-6,9H,7-8H2,1-3H3,(H,17,18)(H2,15,16,19). The minimum absolute atomic E-state index is 0.00381. The first-order chi connectivity index (χ1) is 9.97. The van der Waals surface area contributed by atoms with Gasteiger partial charge in [-0.3, -0.25) is 0 Å². The van der Waals surface area contributed by atoms with Gasteiger partial charge in [0.15, 0.2) is 0 Å². The number of carboxylic acids is 1. The van der Waals surface area contributed by atoms with Crippen molar-refractivity contribution in [3.05, 3.63) is 23.8 Å². The van der Waals surface area contributed by atoms with Crippen LogP contribution in [0.15, 0.2) is 18.2 Å². The first-order valence-electron chi connectivity index (χ1n) is 6.43. The molecule has 1 rings (SSSR count). The number of hydrogen-bond acceptors (Lipinski definition) is 4. The highest BCUT2D eigenvalue weighted by Crippen LogP contribution is 2.22. The Hall–Kier alpha value is -2.28. The minimum Gasteiger partial charge on any atom is -0.497 e. The summed E-state index contributed by atoms with van der Waals surface area (Å²) in [6.07, 6.45) is 0. The van der Waals surface area contributed by atoms with E-state index in [4.69, 9.17) is 14.6 Å². The summed E-state index contributed by atoms with van der Waals surface area (Å²) in [6.45, 7) is 2.88. The average Bonchev–Trinajstić information content (AvgIpc) is 2.45.